The van der Waals surface area contributed by atoms with E-state index in [4.69, 9.17) is 0 Å². The average Bonchev–Trinajstić information content (AvgIpc) is 2.03. The minimum Gasteiger partial charge on any atom is -0.537 e. The average molecular weight is 168 g/mol. The number of carboxylic acid groups (broad SMARTS) is 1. The van der Waals surface area contributed by atoms with Gasteiger partial charge in [-0.1, -0.05) is 24.1 Å². The van der Waals surface area contributed by atoms with Crippen LogP contribution in [-0.4, -0.2) is 5.97 Å². The molecule has 0 aliphatic heterocycles. The van der Waals surface area contributed by atoms with Gasteiger partial charge in [-0.05, 0) is 18.1 Å². The van der Waals surface area contributed by atoms with E-state index < -0.39 is 5.97 Å². The van der Waals surface area contributed by atoms with Crippen molar-refractivity contribution in [3.8, 4) is 11.8 Å². The van der Waals surface area contributed by atoms with E-state index in [1.807, 2.05) is 12.0 Å². The third-order valence-corrected chi connectivity index (χ3v) is 1.08. The molecule has 0 N–H and O–H groups in total. The van der Waals surface area contributed by atoms with E-state index >= 15 is 0 Å². The van der Waals surface area contributed by atoms with Gasteiger partial charge in [-0.15, -0.1) is 0 Å². The minimum atomic E-state index is -1.35. The predicted octanol–water partition coefficient (Wildman–Crippen LogP) is -3.21. The van der Waals surface area contributed by atoms with Gasteiger partial charge in [0.25, 0.3) is 0 Å². The molecule has 1 rings (SSSR count). The molecular formula is C9H5NaO2. The Labute approximate surface area is 92.9 Å². The molecule has 0 aliphatic rings. The largest absolute Gasteiger partial charge is 1.00 e. The van der Waals surface area contributed by atoms with E-state index in [1.165, 1.54) is 0 Å². The zero-order valence-corrected chi connectivity index (χ0v) is 8.70. The Morgan fingerprint density at radius 2 is 1.83 bits per heavy atom. The monoisotopic (exact) mass is 168 g/mol. The fourth-order valence-electron chi connectivity index (χ4n) is 0.645. The number of carboxylic acids is 1. The van der Waals surface area contributed by atoms with Crippen molar-refractivity contribution in [1.82, 2.24) is 0 Å². The summed E-state index contributed by atoms with van der Waals surface area (Å²) in [6.45, 7) is 0. The van der Waals surface area contributed by atoms with Crippen molar-refractivity contribution in [3.63, 3.8) is 0 Å². The van der Waals surface area contributed by atoms with Crippen LogP contribution in [0.4, 0.5) is 0 Å². The van der Waals surface area contributed by atoms with Gasteiger partial charge in [0.05, 0.1) is 0 Å². The molecular weight excluding hydrogens is 163 g/mol. The molecule has 0 amide bonds. The molecule has 0 heterocycles. The SMILES string of the molecule is O=C([O-])C#Cc1ccccc1.[Na+]. The Morgan fingerprint density at radius 3 is 2.33 bits per heavy atom. The molecule has 12 heavy (non-hydrogen) atoms. The fraction of sp³-hybridized carbons (Fsp3) is 0. The van der Waals surface area contributed by atoms with Crippen LogP contribution in [0, 0.1) is 11.8 Å². The summed E-state index contributed by atoms with van der Waals surface area (Å²) in [5.41, 5.74) is 0.678. The molecule has 0 saturated carbocycles. The molecule has 0 atom stereocenters. The number of hydrogen-bond donors (Lipinski definition) is 0. The third-order valence-electron chi connectivity index (χ3n) is 1.08. The van der Waals surface area contributed by atoms with Crippen LogP contribution in [0.2, 0.25) is 0 Å². The van der Waals surface area contributed by atoms with Crippen molar-refractivity contribution < 1.29 is 39.5 Å². The summed E-state index contributed by atoms with van der Waals surface area (Å²) >= 11 is 0. The molecule has 0 spiro atoms. The van der Waals surface area contributed by atoms with Gasteiger partial charge in [0.15, 0.2) is 0 Å². The summed E-state index contributed by atoms with van der Waals surface area (Å²) in [6.07, 6.45) is 0. The van der Waals surface area contributed by atoms with Crippen molar-refractivity contribution in [1.29, 1.82) is 0 Å². The summed E-state index contributed by atoms with van der Waals surface area (Å²) in [6, 6.07) is 8.88. The maximum Gasteiger partial charge on any atom is 1.00 e. The van der Waals surface area contributed by atoms with Gasteiger partial charge in [0, 0.05) is 5.56 Å². The zero-order chi connectivity index (χ0) is 8.10. The van der Waals surface area contributed by atoms with Crippen molar-refractivity contribution in [2.45, 2.75) is 0 Å². The molecule has 2 nitrogen and oxygen atoms in total. The van der Waals surface area contributed by atoms with Crippen LogP contribution >= 0.6 is 0 Å². The van der Waals surface area contributed by atoms with E-state index in [-0.39, 0.29) is 29.6 Å². The van der Waals surface area contributed by atoms with Gasteiger partial charge in [-0.2, -0.15) is 0 Å². The number of rotatable bonds is 0. The number of carbonyl (C=O) groups is 1. The van der Waals surface area contributed by atoms with Gasteiger partial charge in [-0.25, -0.2) is 0 Å². The van der Waals surface area contributed by atoms with Crippen LogP contribution in [0.1, 0.15) is 5.56 Å². The Morgan fingerprint density at radius 1 is 1.25 bits per heavy atom. The standard InChI is InChI=1S/C9H6O2.Na/c10-9(11)7-6-8-4-2-1-3-5-8;/h1-5H,(H,10,11);/q;+1/p-1. The summed E-state index contributed by atoms with van der Waals surface area (Å²) in [5.74, 6) is 3.00. The van der Waals surface area contributed by atoms with Crippen molar-refractivity contribution in [2.75, 3.05) is 0 Å². The van der Waals surface area contributed by atoms with Gasteiger partial charge in [0.2, 0.25) is 0 Å². The smallest absolute Gasteiger partial charge is 0.537 e. The maximum absolute atomic E-state index is 9.89. The van der Waals surface area contributed by atoms with Crippen molar-refractivity contribution >= 4 is 5.97 Å². The number of aliphatic carboxylic acids is 1. The van der Waals surface area contributed by atoms with Gasteiger partial charge < -0.3 is 9.90 Å². The molecule has 54 valence electrons. The fourth-order valence-corrected chi connectivity index (χ4v) is 0.645. The van der Waals surface area contributed by atoms with Crippen LogP contribution in [0.5, 0.6) is 0 Å². The van der Waals surface area contributed by atoms with Crippen LogP contribution in [0.25, 0.3) is 0 Å². The van der Waals surface area contributed by atoms with Crippen molar-refractivity contribution in [2.24, 2.45) is 0 Å². The Bertz CT molecular complexity index is 308. The van der Waals surface area contributed by atoms with E-state index in [1.54, 1.807) is 24.3 Å². The van der Waals surface area contributed by atoms with Gasteiger partial charge in [0.1, 0.15) is 5.97 Å². The Hall–Kier alpha value is -0.750. The first kappa shape index (κ1) is 11.2. The van der Waals surface area contributed by atoms with Gasteiger partial charge in [-0.3, -0.25) is 0 Å². The molecule has 0 aromatic heterocycles. The second-order valence-electron chi connectivity index (χ2n) is 1.90. The quantitative estimate of drug-likeness (QED) is 0.302. The first-order chi connectivity index (χ1) is 5.29. The van der Waals surface area contributed by atoms with Crippen LogP contribution < -0.4 is 34.7 Å². The number of carbonyl (C=O) groups excluding carboxylic acids is 1. The first-order valence-electron chi connectivity index (χ1n) is 3.07. The van der Waals surface area contributed by atoms with E-state index in [0.717, 1.165) is 0 Å². The topological polar surface area (TPSA) is 40.1 Å². The summed E-state index contributed by atoms with van der Waals surface area (Å²) in [5, 5.41) is 9.89. The zero-order valence-electron chi connectivity index (χ0n) is 6.70. The second kappa shape index (κ2) is 5.84. The Kier molecular flexibility index (Phi) is 5.48. The molecule has 3 heteroatoms. The van der Waals surface area contributed by atoms with Crippen molar-refractivity contribution in [3.05, 3.63) is 35.9 Å². The molecule has 1 aromatic rings. The van der Waals surface area contributed by atoms with Crippen LogP contribution in [0.15, 0.2) is 30.3 Å². The normalized spacial score (nSPS) is 7.33. The number of benzene rings is 1. The van der Waals surface area contributed by atoms with Gasteiger partial charge >= 0.3 is 29.6 Å². The Balaban J connectivity index is 0.00000121. The summed E-state index contributed by atoms with van der Waals surface area (Å²) in [4.78, 5) is 9.89. The molecule has 0 fully saturated rings. The predicted molar refractivity (Wildman–Crippen MR) is 38.3 cm³/mol. The molecule has 0 saturated heterocycles. The number of hydrogen-bond acceptors (Lipinski definition) is 2. The summed E-state index contributed by atoms with van der Waals surface area (Å²) < 4.78 is 0. The third kappa shape index (κ3) is 4.20. The van der Waals surface area contributed by atoms with E-state index in [0.29, 0.717) is 5.56 Å². The van der Waals surface area contributed by atoms with E-state index in [9.17, 15) is 9.90 Å². The molecule has 1 aromatic carbocycles. The molecule has 0 radical (unpaired) electrons. The van der Waals surface area contributed by atoms with Crippen LogP contribution in [0.3, 0.4) is 0 Å². The molecule has 0 bridgehead atoms. The maximum atomic E-state index is 9.89. The summed E-state index contributed by atoms with van der Waals surface area (Å²) in [7, 11) is 0. The van der Waals surface area contributed by atoms with E-state index in [2.05, 4.69) is 5.92 Å². The minimum absolute atomic E-state index is 0. The second-order valence-corrected chi connectivity index (χ2v) is 1.90. The molecule has 0 unspecified atom stereocenters. The van der Waals surface area contributed by atoms with Crippen LogP contribution in [-0.2, 0) is 4.79 Å². The molecule has 0 aliphatic carbocycles. The first-order valence-corrected chi connectivity index (χ1v) is 3.07.